The standard InChI is InChI=1S/C29H39N3O4S/c1-36-27-16-15-25(37(34,35)31-23-12-7-2-3-8-13-23)20-26(27)28(33)30-29-18-9-14-24(17-19-29)32(29)21-22-10-5-4-6-11-22/h4-6,10-11,15-16,20,23-24,31H,2-3,7-9,12-14,17-19,21H2,1H3,(H,30,33). The van der Waals surface area contributed by atoms with Crippen LogP contribution in [0.25, 0.3) is 0 Å². The largest absolute Gasteiger partial charge is 0.496 e. The second kappa shape index (κ2) is 11.1. The number of hydrogen-bond donors (Lipinski definition) is 2. The molecule has 8 heteroatoms. The van der Waals surface area contributed by atoms with E-state index in [9.17, 15) is 13.2 Å². The number of amides is 1. The molecule has 2 aromatic rings. The lowest BCUT2D eigenvalue weighted by atomic mass is 9.95. The summed E-state index contributed by atoms with van der Waals surface area (Å²) in [6.07, 6.45) is 11.1. The molecule has 1 saturated carbocycles. The van der Waals surface area contributed by atoms with E-state index in [0.717, 1.165) is 77.2 Å². The van der Waals surface area contributed by atoms with Gasteiger partial charge in [0.2, 0.25) is 10.0 Å². The average molecular weight is 526 g/mol. The van der Waals surface area contributed by atoms with Crippen LogP contribution in [-0.4, -0.2) is 44.1 Å². The van der Waals surface area contributed by atoms with Gasteiger partial charge in [0.05, 0.1) is 23.2 Å². The summed E-state index contributed by atoms with van der Waals surface area (Å²) in [6, 6.07) is 15.3. The van der Waals surface area contributed by atoms with Crippen molar-refractivity contribution in [1.82, 2.24) is 14.9 Å². The van der Waals surface area contributed by atoms with Gasteiger partial charge in [-0.15, -0.1) is 0 Å². The summed E-state index contributed by atoms with van der Waals surface area (Å²) >= 11 is 0. The molecule has 7 nitrogen and oxygen atoms in total. The quantitative estimate of drug-likeness (QED) is 0.475. The first-order valence-corrected chi connectivity index (χ1v) is 15.2. The molecule has 37 heavy (non-hydrogen) atoms. The number of sulfonamides is 1. The number of rotatable bonds is 8. The van der Waals surface area contributed by atoms with Crippen LogP contribution in [0.2, 0.25) is 0 Å². The van der Waals surface area contributed by atoms with Crippen molar-refractivity contribution in [2.45, 2.75) is 99.8 Å². The van der Waals surface area contributed by atoms with E-state index < -0.39 is 15.7 Å². The molecule has 2 saturated heterocycles. The summed E-state index contributed by atoms with van der Waals surface area (Å²) in [7, 11) is -2.24. The lowest BCUT2D eigenvalue weighted by Crippen LogP contribution is -2.60. The van der Waals surface area contributed by atoms with Gasteiger partial charge >= 0.3 is 0 Å². The zero-order valence-corrected chi connectivity index (χ0v) is 22.6. The van der Waals surface area contributed by atoms with Crippen molar-refractivity contribution in [3.63, 3.8) is 0 Å². The molecule has 0 aromatic heterocycles. The number of fused-ring (bicyclic) bond motifs is 2. The summed E-state index contributed by atoms with van der Waals surface area (Å²) in [5.41, 5.74) is 1.05. The van der Waals surface area contributed by atoms with E-state index in [1.807, 2.05) is 18.2 Å². The van der Waals surface area contributed by atoms with Crippen molar-refractivity contribution in [3.8, 4) is 5.75 Å². The van der Waals surface area contributed by atoms with E-state index in [1.165, 1.54) is 24.8 Å². The number of nitrogens with zero attached hydrogens (tertiary/aromatic N) is 1. The van der Waals surface area contributed by atoms with Gasteiger partial charge in [0.1, 0.15) is 5.75 Å². The third kappa shape index (κ3) is 5.71. The summed E-state index contributed by atoms with van der Waals surface area (Å²) in [5, 5.41) is 3.35. The van der Waals surface area contributed by atoms with Gasteiger partial charge in [-0.3, -0.25) is 9.69 Å². The Balaban J connectivity index is 1.38. The van der Waals surface area contributed by atoms with E-state index >= 15 is 0 Å². The lowest BCUT2D eigenvalue weighted by Gasteiger charge is -2.45. The van der Waals surface area contributed by atoms with Gasteiger partial charge in [-0.25, -0.2) is 13.1 Å². The monoisotopic (exact) mass is 525 g/mol. The number of nitrogens with one attached hydrogen (secondary N) is 2. The fourth-order valence-corrected chi connectivity index (χ4v) is 7.84. The molecule has 3 aliphatic rings. The average Bonchev–Trinajstić information content (AvgIpc) is 3.10. The van der Waals surface area contributed by atoms with Gasteiger partial charge in [-0.05, 0) is 68.7 Å². The highest BCUT2D eigenvalue weighted by molar-refractivity contribution is 7.89. The van der Waals surface area contributed by atoms with Crippen molar-refractivity contribution < 1.29 is 17.9 Å². The van der Waals surface area contributed by atoms with Crippen LogP contribution in [0.1, 0.15) is 86.6 Å². The van der Waals surface area contributed by atoms with E-state index in [4.69, 9.17) is 4.74 Å². The van der Waals surface area contributed by atoms with Crippen LogP contribution < -0.4 is 14.8 Å². The Morgan fingerprint density at radius 1 is 0.973 bits per heavy atom. The van der Waals surface area contributed by atoms with Gasteiger partial charge in [0.15, 0.2) is 0 Å². The number of hydrogen-bond acceptors (Lipinski definition) is 5. The highest BCUT2D eigenvalue weighted by atomic mass is 32.2. The second-order valence-electron chi connectivity index (χ2n) is 10.9. The van der Waals surface area contributed by atoms with E-state index in [2.05, 4.69) is 27.1 Å². The smallest absolute Gasteiger partial charge is 0.256 e. The van der Waals surface area contributed by atoms with E-state index in [1.54, 1.807) is 6.07 Å². The molecule has 0 spiro atoms. The zero-order valence-electron chi connectivity index (χ0n) is 21.7. The van der Waals surface area contributed by atoms with Crippen LogP contribution in [-0.2, 0) is 16.6 Å². The number of carbonyl (C=O) groups excluding carboxylic acids is 1. The molecular weight excluding hydrogens is 486 g/mol. The second-order valence-corrected chi connectivity index (χ2v) is 12.6. The molecule has 2 bridgehead atoms. The Morgan fingerprint density at radius 2 is 1.73 bits per heavy atom. The molecule has 2 atom stereocenters. The molecule has 2 N–H and O–H groups in total. The number of piperidine rings is 1. The molecule has 1 aliphatic carbocycles. The van der Waals surface area contributed by atoms with Gasteiger partial charge in [-0.1, -0.05) is 56.0 Å². The highest BCUT2D eigenvalue weighted by Gasteiger charge is 2.49. The molecular formula is C29H39N3O4S. The zero-order chi connectivity index (χ0) is 25.9. The van der Waals surface area contributed by atoms with Crippen LogP contribution in [0.15, 0.2) is 53.4 Å². The Morgan fingerprint density at radius 3 is 2.46 bits per heavy atom. The highest BCUT2D eigenvalue weighted by Crippen LogP contribution is 2.43. The Hall–Kier alpha value is -2.42. The first-order valence-electron chi connectivity index (χ1n) is 13.7. The number of carbonyl (C=O) groups is 1. The maximum absolute atomic E-state index is 13.8. The number of methoxy groups -OCH3 is 1. The SMILES string of the molecule is COc1ccc(S(=O)(=O)NC2CCCCCC2)cc1C(=O)NC12CCCC(CC1)N2Cc1ccccc1. The normalized spacial score (nSPS) is 24.9. The molecule has 2 heterocycles. The number of benzene rings is 2. The topological polar surface area (TPSA) is 87.7 Å². The first-order chi connectivity index (χ1) is 17.9. The van der Waals surface area contributed by atoms with Gasteiger partial charge < -0.3 is 10.1 Å². The Bertz CT molecular complexity index is 1190. The fraction of sp³-hybridized carbons (Fsp3) is 0.552. The van der Waals surface area contributed by atoms with Crippen molar-refractivity contribution in [2.75, 3.05) is 7.11 Å². The van der Waals surface area contributed by atoms with E-state index in [-0.39, 0.29) is 22.4 Å². The molecule has 0 radical (unpaired) electrons. The van der Waals surface area contributed by atoms with Crippen molar-refractivity contribution in [1.29, 1.82) is 0 Å². The third-order valence-corrected chi connectivity index (χ3v) is 9.97. The Kier molecular flexibility index (Phi) is 7.88. The molecule has 2 unspecified atom stereocenters. The maximum atomic E-state index is 13.8. The minimum atomic E-state index is -3.75. The van der Waals surface area contributed by atoms with Crippen LogP contribution >= 0.6 is 0 Å². The van der Waals surface area contributed by atoms with Crippen molar-refractivity contribution in [3.05, 3.63) is 59.7 Å². The van der Waals surface area contributed by atoms with Crippen LogP contribution in [0.4, 0.5) is 0 Å². The predicted molar refractivity (Wildman–Crippen MR) is 144 cm³/mol. The fourth-order valence-electron chi connectivity index (χ4n) is 6.51. The van der Waals surface area contributed by atoms with Crippen molar-refractivity contribution in [2.24, 2.45) is 0 Å². The lowest BCUT2D eigenvalue weighted by molar-refractivity contribution is 0.0184. The summed E-state index contributed by atoms with van der Waals surface area (Å²) in [5.74, 6) is 0.0891. The van der Waals surface area contributed by atoms with E-state index in [0.29, 0.717) is 11.8 Å². The Labute approximate surface area is 221 Å². The first kappa shape index (κ1) is 26.2. The molecule has 1 amide bonds. The summed E-state index contributed by atoms with van der Waals surface area (Å²) < 4.78 is 34.9. The predicted octanol–water partition coefficient (Wildman–Crippen LogP) is 4.97. The van der Waals surface area contributed by atoms with Crippen LogP contribution in [0, 0.1) is 0 Å². The van der Waals surface area contributed by atoms with Gasteiger partial charge in [0, 0.05) is 18.6 Å². The minimum Gasteiger partial charge on any atom is -0.496 e. The third-order valence-electron chi connectivity index (χ3n) is 8.45. The van der Waals surface area contributed by atoms with Crippen LogP contribution in [0.3, 0.4) is 0 Å². The molecule has 3 fully saturated rings. The maximum Gasteiger partial charge on any atom is 0.256 e. The molecule has 2 aliphatic heterocycles. The van der Waals surface area contributed by atoms with Gasteiger partial charge in [-0.2, -0.15) is 0 Å². The molecule has 2 aromatic carbocycles. The van der Waals surface area contributed by atoms with Gasteiger partial charge in [0.25, 0.3) is 5.91 Å². The van der Waals surface area contributed by atoms with Crippen molar-refractivity contribution >= 4 is 15.9 Å². The molecule has 5 rings (SSSR count). The minimum absolute atomic E-state index is 0.0602. The summed E-state index contributed by atoms with van der Waals surface area (Å²) in [6.45, 7) is 0.780. The molecule has 200 valence electrons. The number of ether oxygens (including phenoxy) is 1. The summed E-state index contributed by atoms with van der Waals surface area (Å²) in [4.78, 5) is 16.3. The van der Waals surface area contributed by atoms with Crippen LogP contribution in [0.5, 0.6) is 5.75 Å².